The molecular weight excluding hydrogens is 323 g/mol. The molecule has 1 atom stereocenters. The highest BCUT2D eigenvalue weighted by Crippen LogP contribution is 2.26. The van der Waals surface area contributed by atoms with Crippen molar-refractivity contribution in [3.8, 4) is 5.75 Å². The van der Waals surface area contributed by atoms with Crippen LogP contribution in [0.4, 0.5) is 13.2 Å². The number of nitrogens with zero attached hydrogens (tertiary/aromatic N) is 1. The van der Waals surface area contributed by atoms with Gasteiger partial charge >= 0.3 is 6.36 Å². The number of halogens is 3. The van der Waals surface area contributed by atoms with Crippen molar-refractivity contribution in [3.05, 3.63) is 29.8 Å². The van der Waals surface area contributed by atoms with Crippen molar-refractivity contribution in [1.82, 2.24) is 10.6 Å². The van der Waals surface area contributed by atoms with Crippen LogP contribution in [0.2, 0.25) is 0 Å². The van der Waals surface area contributed by atoms with Crippen molar-refractivity contribution in [2.45, 2.75) is 38.3 Å². The summed E-state index contributed by atoms with van der Waals surface area (Å²) in [5, 5.41) is 6.12. The van der Waals surface area contributed by atoms with E-state index in [0.717, 1.165) is 25.9 Å². The molecule has 0 spiro atoms. The maximum absolute atomic E-state index is 12.4. The number of nitrogens with one attached hydrogen (secondary N) is 2. The quantitative estimate of drug-likeness (QED) is 0.615. The Morgan fingerprint density at radius 3 is 2.79 bits per heavy atom. The highest BCUT2D eigenvalue weighted by Gasteiger charge is 2.31. The van der Waals surface area contributed by atoms with Gasteiger partial charge in [-0.15, -0.1) is 13.2 Å². The van der Waals surface area contributed by atoms with E-state index in [2.05, 4.69) is 20.4 Å². The molecule has 8 heteroatoms. The number of aliphatic imine (C=N–C) groups is 1. The van der Waals surface area contributed by atoms with E-state index in [1.54, 1.807) is 19.2 Å². The summed E-state index contributed by atoms with van der Waals surface area (Å²) >= 11 is 0. The molecule has 0 saturated carbocycles. The first-order valence-corrected chi connectivity index (χ1v) is 7.87. The third-order valence-corrected chi connectivity index (χ3v) is 3.65. The van der Waals surface area contributed by atoms with E-state index >= 15 is 0 Å². The summed E-state index contributed by atoms with van der Waals surface area (Å²) in [6, 6.07) is 6.03. The summed E-state index contributed by atoms with van der Waals surface area (Å²) in [6.45, 7) is 1.67. The summed E-state index contributed by atoms with van der Waals surface area (Å²) in [5.74, 6) is 0.308. The van der Waals surface area contributed by atoms with Crippen molar-refractivity contribution < 1.29 is 22.6 Å². The number of ether oxygens (including phenoxy) is 2. The number of benzene rings is 1. The predicted molar refractivity (Wildman–Crippen MR) is 84.9 cm³/mol. The van der Waals surface area contributed by atoms with Gasteiger partial charge in [-0.25, -0.2) is 0 Å². The van der Waals surface area contributed by atoms with Crippen LogP contribution < -0.4 is 15.4 Å². The molecule has 1 aliphatic heterocycles. The molecule has 134 valence electrons. The van der Waals surface area contributed by atoms with Gasteiger partial charge in [-0.2, -0.15) is 0 Å². The van der Waals surface area contributed by atoms with Gasteiger partial charge in [0.05, 0.1) is 6.10 Å². The molecule has 0 aromatic heterocycles. The van der Waals surface area contributed by atoms with E-state index in [4.69, 9.17) is 4.74 Å². The average molecular weight is 345 g/mol. The largest absolute Gasteiger partial charge is 0.573 e. The minimum absolute atomic E-state index is 0.172. The fourth-order valence-electron chi connectivity index (χ4n) is 2.50. The molecule has 1 aliphatic rings. The van der Waals surface area contributed by atoms with Gasteiger partial charge in [-0.1, -0.05) is 18.2 Å². The van der Waals surface area contributed by atoms with E-state index in [0.29, 0.717) is 18.1 Å². The molecule has 1 aromatic rings. The lowest BCUT2D eigenvalue weighted by Gasteiger charge is -2.16. The summed E-state index contributed by atoms with van der Waals surface area (Å²) in [4.78, 5) is 4.06. The van der Waals surface area contributed by atoms with Crippen molar-refractivity contribution in [3.63, 3.8) is 0 Å². The van der Waals surface area contributed by atoms with Crippen molar-refractivity contribution in [2.75, 3.05) is 20.2 Å². The van der Waals surface area contributed by atoms with Crippen LogP contribution in [-0.4, -0.2) is 38.6 Å². The summed E-state index contributed by atoms with van der Waals surface area (Å²) < 4.78 is 46.8. The monoisotopic (exact) mass is 345 g/mol. The minimum Gasteiger partial charge on any atom is -0.405 e. The molecule has 24 heavy (non-hydrogen) atoms. The van der Waals surface area contributed by atoms with Gasteiger partial charge in [0.25, 0.3) is 0 Å². The highest BCUT2D eigenvalue weighted by atomic mass is 19.4. The Bertz CT molecular complexity index is 544. The van der Waals surface area contributed by atoms with E-state index in [9.17, 15) is 13.2 Å². The van der Waals surface area contributed by atoms with Gasteiger partial charge in [0.2, 0.25) is 0 Å². The van der Waals surface area contributed by atoms with Crippen LogP contribution in [0.25, 0.3) is 0 Å². The molecule has 2 rings (SSSR count). The predicted octanol–water partition coefficient (Wildman–Crippen LogP) is 2.82. The third kappa shape index (κ3) is 6.27. The molecule has 1 unspecified atom stereocenters. The molecule has 5 nitrogen and oxygen atoms in total. The van der Waals surface area contributed by atoms with E-state index < -0.39 is 6.36 Å². The third-order valence-electron chi connectivity index (χ3n) is 3.65. The molecule has 0 radical (unpaired) electrons. The van der Waals surface area contributed by atoms with E-state index in [-0.39, 0.29) is 18.4 Å². The molecule has 1 fully saturated rings. The fourth-order valence-corrected chi connectivity index (χ4v) is 2.50. The number of hydrogen-bond acceptors (Lipinski definition) is 3. The smallest absolute Gasteiger partial charge is 0.405 e. The second-order valence-electron chi connectivity index (χ2n) is 5.43. The topological polar surface area (TPSA) is 54.9 Å². The van der Waals surface area contributed by atoms with Gasteiger partial charge in [-0.05, 0) is 25.3 Å². The number of alkyl halides is 3. The lowest BCUT2D eigenvalue weighted by Crippen LogP contribution is -2.38. The molecule has 0 aliphatic carbocycles. The maximum Gasteiger partial charge on any atom is 0.573 e. The standard InChI is InChI=1S/C16H22F3N3O2/c1-20-15(21-9-8-13-6-4-10-23-13)22-11-12-5-2-3-7-14(12)24-16(17,18)19/h2-3,5,7,13H,4,6,8-11H2,1H3,(H2,20,21,22). The second kappa shape index (κ2) is 8.77. The van der Waals surface area contributed by atoms with Crippen LogP contribution in [0.3, 0.4) is 0 Å². The average Bonchev–Trinajstić information content (AvgIpc) is 3.04. The van der Waals surface area contributed by atoms with Crippen LogP contribution in [0.5, 0.6) is 5.75 Å². The molecule has 1 aromatic carbocycles. The Morgan fingerprint density at radius 2 is 2.12 bits per heavy atom. The van der Waals surface area contributed by atoms with E-state index in [1.807, 2.05) is 0 Å². The van der Waals surface area contributed by atoms with Gasteiger partial charge in [0, 0.05) is 32.3 Å². The summed E-state index contributed by atoms with van der Waals surface area (Å²) in [5.41, 5.74) is 0.400. The van der Waals surface area contributed by atoms with Gasteiger partial charge in [-0.3, -0.25) is 4.99 Å². The van der Waals surface area contributed by atoms with E-state index in [1.165, 1.54) is 12.1 Å². The Labute approximate surface area is 139 Å². The normalized spacial score (nSPS) is 18.5. The Morgan fingerprint density at radius 1 is 1.33 bits per heavy atom. The van der Waals surface area contributed by atoms with Gasteiger partial charge < -0.3 is 20.1 Å². The number of hydrogen-bond donors (Lipinski definition) is 2. The second-order valence-corrected chi connectivity index (χ2v) is 5.43. The Kier molecular flexibility index (Phi) is 6.72. The molecule has 1 heterocycles. The van der Waals surface area contributed by atoms with Crippen LogP contribution in [0.1, 0.15) is 24.8 Å². The summed E-state index contributed by atoms with van der Waals surface area (Å²) in [6.07, 6.45) is -1.41. The lowest BCUT2D eigenvalue weighted by atomic mass is 10.2. The molecule has 1 saturated heterocycles. The molecule has 2 N–H and O–H groups in total. The highest BCUT2D eigenvalue weighted by molar-refractivity contribution is 5.79. The molecule has 0 bridgehead atoms. The first-order valence-electron chi connectivity index (χ1n) is 7.87. The number of rotatable bonds is 6. The Balaban J connectivity index is 1.82. The minimum atomic E-state index is -4.71. The van der Waals surface area contributed by atoms with Crippen molar-refractivity contribution in [2.24, 2.45) is 4.99 Å². The molecular formula is C16H22F3N3O2. The molecule has 0 amide bonds. The lowest BCUT2D eigenvalue weighted by molar-refractivity contribution is -0.274. The van der Waals surface area contributed by atoms with Gasteiger partial charge in [0.1, 0.15) is 5.75 Å². The Hall–Kier alpha value is -1.96. The zero-order valence-electron chi connectivity index (χ0n) is 13.5. The van der Waals surface area contributed by atoms with Gasteiger partial charge in [0.15, 0.2) is 5.96 Å². The van der Waals surface area contributed by atoms with Crippen LogP contribution in [0.15, 0.2) is 29.3 Å². The first-order chi connectivity index (χ1) is 11.5. The zero-order valence-corrected chi connectivity index (χ0v) is 13.5. The van der Waals surface area contributed by atoms with Crippen molar-refractivity contribution in [1.29, 1.82) is 0 Å². The number of guanidine groups is 1. The first kappa shape index (κ1) is 18.4. The van der Waals surface area contributed by atoms with Crippen molar-refractivity contribution >= 4 is 5.96 Å². The SMILES string of the molecule is CN=C(NCCC1CCCO1)NCc1ccccc1OC(F)(F)F. The summed E-state index contributed by atoms with van der Waals surface area (Å²) in [7, 11) is 1.61. The number of para-hydroxylation sites is 1. The fraction of sp³-hybridized carbons (Fsp3) is 0.562. The van der Waals surface area contributed by atoms with Crippen LogP contribution >= 0.6 is 0 Å². The maximum atomic E-state index is 12.4. The zero-order chi connectivity index (χ0) is 17.4. The van der Waals surface area contributed by atoms with Crippen LogP contribution in [0, 0.1) is 0 Å². The van der Waals surface area contributed by atoms with Crippen LogP contribution in [-0.2, 0) is 11.3 Å².